The van der Waals surface area contributed by atoms with E-state index in [1.54, 1.807) is 0 Å². The Kier molecular flexibility index (Phi) is 4.93. The van der Waals surface area contributed by atoms with E-state index in [9.17, 15) is 0 Å². The third-order valence-electron chi connectivity index (χ3n) is 3.02. The van der Waals surface area contributed by atoms with Gasteiger partial charge in [-0.1, -0.05) is 27.2 Å². The molecule has 1 aromatic heterocycles. The summed E-state index contributed by atoms with van der Waals surface area (Å²) >= 11 is 1.85. The maximum atomic E-state index is 4.79. The topological polar surface area (TPSA) is 24.9 Å². The molecular weight excluding hydrogens is 216 g/mol. The van der Waals surface area contributed by atoms with Gasteiger partial charge in [0, 0.05) is 4.88 Å². The highest BCUT2D eigenvalue weighted by Crippen LogP contribution is 2.31. The molecule has 1 rings (SSSR count). The second-order valence-electron chi connectivity index (χ2n) is 4.49. The van der Waals surface area contributed by atoms with Crippen molar-refractivity contribution in [3.63, 3.8) is 0 Å². The lowest BCUT2D eigenvalue weighted by Crippen LogP contribution is -2.39. The summed E-state index contributed by atoms with van der Waals surface area (Å²) in [5.74, 6) is 0. The van der Waals surface area contributed by atoms with Crippen molar-refractivity contribution in [3.8, 4) is 0 Å². The zero-order valence-electron chi connectivity index (χ0n) is 11.2. The van der Waals surface area contributed by atoms with Gasteiger partial charge in [0.2, 0.25) is 0 Å². The number of nitrogens with one attached hydrogen (secondary N) is 1. The average Bonchev–Trinajstić information content (AvgIpc) is 2.61. The van der Waals surface area contributed by atoms with Gasteiger partial charge in [-0.15, -0.1) is 11.3 Å². The Labute approximate surface area is 103 Å². The Hall–Kier alpha value is -0.410. The molecule has 1 N–H and O–H groups in total. The van der Waals surface area contributed by atoms with Crippen LogP contribution in [0.5, 0.6) is 0 Å². The summed E-state index contributed by atoms with van der Waals surface area (Å²) in [6, 6.07) is 0. The van der Waals surface area contributed by atoms with Crippen LogP contribution in [0.2, 0.25) is 0 Å². The molecule has 0 aliphatic carbocycles. The van der Waals surface area contributed by atoms with Crippen LogP contribution >= 0.6 is 11.3 Å². The highest BCUT2D eigenvalue weighted by atomic mass is 32.1. The van der Waals surface area contributed by atoms with Gasteiger partial charge >= 0.3 is 0 Å². The maximum Gasteiger partial charge on any atom is 0.113 e. The molecule has 3 heteroatoms. The van der Waals surface area contributed by atoms with Crippen LogP contribution in [0.1, 0.15) is 56.1 Å². The van der Waals surface area contributed by atoms with E-state index >= 15 is 0 Å². The van der Waals surface area contributed by atoms with E-state index < -0.39 is 0 Å². The van der Waals surface area contributed by atoms with Crippen LogP contribution < -0.4 is 5.32 Å². The van der Waals surface area contributed by atoms with Gasteiger partial charge < -0.3 is 5.32 Å². The molecule has 1 atom stereocenters. The quantitative estimate of drug-likeness (QED) is 0.821. The van der Waals surface area contributed by atoms with E-state index in [1.807, 2.05) is 11.3 Å². The number of hydrogen-bond acceptors (Lipinski definition) is 3. The summed E-state index contributed by atoms with van der Waals surface area (Å²) in [7, 11) is 0. The molecule has 0 aliphatic rings. The lowest BCUT2D eigenvalue weighted by Gasteiger charge is -2.28. The zero-order chi connectivity index (χ0) is 12.2. The van der Waals surface area contributed by atoms with Crippen molar-refractivity contribution in [1.29, 1.82) is 0 Å². The lowest BCUT2D eigenvalue weighted by molar-refractivity contribution is 0.343. The first kappa shape index (κ1) is 13.7. The van der Waals surface area contributed by atoms with Crippen LogP contribution in [0.25, 0.3) is 0 Å². The number of aryl methyl sites for hydroxylation is 2. The molecule has 1 unspecified atom stereocenters. The molecule has 0 radical (unpaired) electrons. The molecular formula is C13H24N2S. The van der Waals surface area contributed by atoms with E-state index in [0.717, 1.165) is 19.4 Å². The van der Waals surface area contributed by atoms with Gasteiger partial charge in [0.15, 0.2) is 0 Å². The largest absolute Gasteiger partial charge is 0.306 e. The minimum Gasteiger partial charge on any atom is -0.306 e. The van der Waals surface area contributed by atoms with Gasteiger partial charge in [-0.05, 0) is 33.2 Å². The molecule has 0 fully saturated rings. The second-order valence-corrected chi connectivity index (χ2v) is 5.69. The Bertz CT molecular complexity index is 325. The molecule has 0 amide bonds. The molecule has 2 nitrogen and oxygen atoms in total. The van der Waals surface area contributed by atoms with Crippen LogP contribution in [-0.4, -0.2) is 11.5 Å². The van der Waals surface area contributed by atoms with Crippen LogP contribution in [0.3, 0.4) is 0 Å². The Morgan fingerprint density at radius 2 is 2.00 bits per heavy atom. The van der Waals surface area contributed by atoms with Crippen LogP contribution in [-0.2, 0) is 12.0 Å². The monoisotopic (exact) mass is 240 g/mol. The van der Waals surface area contributed by atoms with Crippen molar-refractivity contribution in [2.75, 3.05) is 6.54 Å². The third-order valence-corrected chi connectivity index (χ3v) is 4.29. The van der Waals surface area contributed by atoms with Crippen LogP contribution in [0.15, 0.2) is 0 Å². The van der Waals surface area contributed by atoms with E-state index in [4.69, 9.17) is 4.98 Å². The lowest BCUT2D eigenvalue weighted by atomic mass is 9.97. The molecule has 0 spiro atoms. The molecule has 0 aliphatic heterocycles. The molecule has 16 heavy (non-hydrogen) atoms. The molecule has 0 aromatic carbocycles. The predicted molar refractivity (Wildman–Crippen MR) is 72.2 cm³/mol. The van der Waals surface area contributed by atoms with E-state index in [2.05, 4.69) is 39.9 Å². The summed E-state index contributed by atoms with van der Waals surface area (Å²) in [4.78, 5) is 6.17. The van der Waals surface area contributed by atoms with Crippen molar-refractivity contribution in [1.82, 2.24) is 10.3 Å². The van der Waals surface area contributed by atoms with Crippen molar-refractivity contribution in [2.24, 2.45) is 0 Å². The minimum atomic E-state index is 0.0619. The summed E-state index contributed by atoms with van der Waals surface area (Å²) in [6.07, 6.45) is 3.37. The molecule has 92 valence electrons. The van der Waals surface area contributed by atoms with Crippen molar-refractivity contribution in [2.45, 2.75) is 59.4 Å². The fourth-order valence-corrected chi connectivity index (χ4v) is 3.31. The normalized spacial score (nSPS) is 15.1. The number of nitrogens with zero attached hydrogens (tertiary/aromatic N) is 1. The molecule has 0 saturated carbocycles. The average molecular weight is 240 g/mol. The Morgan fingerprint density at radius 3 is 2.44 bits per heavy atom. The highest BCUT2D eigenvalue weighted by Gasteiger charge is 2.28. The highest BCUT2D eigenvalue weighted by molar-refractivity contribution is 7.11. The van der Waals surface area contributed by atoms with E-state index in [0.29, 0.717) is 0 Å². The van der Waals surface area contributed by atoms with Gasteiger partial charge in [-0.2, -0.15) is 0 Å². The first-order chi connectivity index (χ1) is 7.57. The second kappa shape index (κ2) is 5.78. The van der Waals surface area contributed by atoms with Gasteiger partial charge in [0.25, 0.3) is 0 Å². The fourth-order valence-electron chi connectivity index (χ4n) is 2.15. The van der Waals surface area contributed by atoms with Gasteiger partial charge in [-0.3, -0.25) is 0 Å². The summed E-state index contributed by atoms with van der Waals surface area (Å²) in [6.45, 7) is 12.0. The maximum absolute atomic E-state index is 4.79. The smallest absolute Gasteiger partial charge is 0.113 e. The van der Waals surface area contributed by atoms with Crippen LogP contribution in [0, 0.1) is 6.92 Å². The summed E-state index contributed by atoms with van der Waals surface area (Å²) in [5, 5.41) is 4.84. The number of hydrogen-bond donors (Lipinski definition) is 1. The van der Waals surface area contributed by atoms with Crippen LogP contribution in [0.4, 0.5) is 0 Å². The summed E-state index contributed by atoms with van der Waals surface area (Å²) in [5.41, 5.74) is 1.33. The van der Waals surface area contributed by atoms with Gasteiger partial charge in [-0.25, -0.2) is 4.98 Å². The minimum absolute atomic E-state index is 0.0619. The molecule has 0 bridgehead atoms. The van der Waals surface area contributed by atoms with Crippen molar-refractivity contribution >= 4 is 11.3 Å². The Morgan fingerprint density at radius 1 is 1.31 bits per heavy atom. The number of rotatable bonds is 6. The van der Waals surface area contributed by atoms with Crippen molar-refractivity contribution in [3.05, 3.63) is 15.6 Å². The van der Waals surface area contributed by atoms with Gasteiger partial charge in [0.1, 0.15) is 5.01 Å². The first-order valence-electron chi connectivity index (χ1n) is 6.29. The first-order valence-corrected chi connectivity index (χ1v) is 7.10. The standard InChI is InChI=1S/C13H24N2S/c1-6-9-13(5,14-8-3)12-15-11(7-2)10(4)16-12/h14H,6-9H2,1-5H3. The molecule has 1 aromatic rings. The molecule has 0 saturated heterocycles. The number of thiazole rings is 1. The Balaban J connectivity index is 3.00. The zero-order valence-corrected chi connectivity index (χ0v) is 12.0. The fraction of sp³-hybridized carbons (Fsp3) is 0.769. The van der Waals surface area contributed by atoms with E-state index in [1.165, 1.54) is 22.0 Å². The molecule has 1 heterocycles. The van der Waals surface area contributed by atoms with Gasteiger partial charge in [0.05, 0.1) is 11.2 Å². The SMILES string of the molecule is CCCC(C)(NCC)c1nc(CC)c(C)s1. The third kappa shape index (κ3) is 2.83. The number of aromatic nitrogens is 1. The summed E-state index contributed by atoms with van der Waals surface area (Å²) < 4.78 is 0. The van der Waals surface area contributed by atoms with E-state index in [-0.39, 0.29) is 5.54 Å². The van der Waals surface area contributed by atoms with Crippen molar-refractivity contribution < 1.29 is 0 Å². The predicted octanol–water partition coefficient (Wildman–Crippen LogP) is 3.64.